The van der Waals surface area contributed by atoms with Crippen LogP contribution >= 0.6 is 11.8 Å². The molecule has 2 nitrogen and oxygen atoms in total. The van der Waals surface area contributed by atoms with Gasteiger partial charge in [0, 0.05) is 16.3 Å². The molecular formula is C15H17NOS. The molecule has 2 rings (SSSR count). The lowest BCUT2D eigenvalue weighted by molar-refractivity contribution is 0.399. The number of hydrogen-bond donors (Lipinski definition) is 1. The second-order valence-electron chi connectivity index (χ2n) is 4.44. The average molecular weight is 259 g/mol. The van der Waals surface area contributed by atoms with E-state index in [0.29, 0.717) is 5.75 Å². The summed E-state index contributed by atoms with van der Waals surface area (Å²) in [6.07, 6.45) is 0. The molecule has 0 saturated heterocycles. The van der Waals surface area contributed by atoms with Crippen LogP contribution in [0.15, 0.2) is 58.3 Å². The van der Waals surface area contributed by atoms with Crippen LogP contribution in [-0.4, -0.2) is 24.1 Å². The highest BCUT2D eigenvalue weighted by molar-refractivity contribution is 7.99. The number of nitrogens with zero attached hydrogens (tertiary/aromatic N) is 1. The predicted molar refractivity (Wildman–Crippen MR) is 76.1 cm³/mol. The van der Waals surface area contributed by atoms with Crippen molar-refractivity contribution in [2.75, 3.05) is 14.1 Å². The molecule has 0 bridgehead atoms. The van der Waals surface area contributed by atoms with Gasteiger partial charge in [-0.1, -0.05) is 36.0 Å². The van der Waals surface area contributed by atoms with Gasteiger partial charge >= 0.3 is 0 Å². The molecule has 0 aliphatic carbocycles. The minimum Gasteiger partial charge on any atom is -0.508 e. The first kappa shape index (κ1) is 13.0. The maximum atomic E-state index is 9.48. The third kappa shape index (κ3) is 3.52. The van der Waals surface area contributed by atoms with E-state index in [-0.39, 0.29) is 0 Å². The summed E-state index contributed by atoms with van der Waals surface area (Å²) >= 11 is 1.68. The zero-order chi connectivity index (χ0) is 13.0. The van der Waals surface area contributed by atoms with Gasteiger partial charge in [-0.15, -0.1) is 0 Å². The molecule has 1 N–H and O–H groups in total. The molecule has 2 aromatic rings. The van der Waals surface area contributed by atoms with Gasteiger partial charge < -0.3 is 10.0 Å². The van der Waals surface area contributed by atoms with Crippen LogP contribution < -0.4 is 0 Å². The van der Waals surface area contributed by atoms with Crippen LogP contribution in [-0.2, 0) is 6.54 Å². The molecule has 0 spiro atoms. The minimum absolute atomic E-state index is 0.310. The van der Waals surface area contributed by atoms with Crippen LogP contribution in [0.4, 0.5) is 0 Å². The van der Waals surface area contributed by atoms with E-state index in [1.165, 1.54) is 10.5 Å². The molecule has 0 saturated carbocycles. The zero-order valence-corrected chi connectivity index (χ0v) is 11.4. The van der Waals surface area contributed by atoms with Crippen LogP contribution in [0.5, 0.6) is 5.75 Å². The molecular weight excluding hydrogens is 242 g/mol. The summed E-state index contributed by atoms with van der Waals surface area (Å²) in [5, 5.41) is 9.48. The predicted octanol–water partition coefficient (Wildman–Crippen LogP) is 3.61. The largest absolute Gasteiger partial charge is 0.508 e. The highest BCUT2D eigenvalue weighted by atomic mass is 32.2. The summed E-state index contributed by atoms with van der Waals surface area (Å²) in [6.45, 7) is 0.919. The van der Waals surface area contributed by atoms with Crippen molar-refractivity contribution in [2.24, 2.45) is 0 Å². The van der Waals surface area contributed by atoms with Gasteiger partial charge in [-0.2, -0.15) is 0 Å². The summed E-state index contributed by atoms with van der Waals surface area (Å²) in [4.78, 5) is 4.44. The van der Waals surface area contributed by atoms with E-state index in [0.717, 1.165) is 11.4 Å². The second-order valence-corrected chi connectivity index (χ2v) is 5.56. The first-order valence-corrected chi connectivity index (χ1v) is 6.66. The third-order valence-corrected chi connectivity index (χ3v) is 3.61. The molecule has 18 heavy (non-hydrogen) atoms. The normalized spacial score (nSPS) is 10.8. The van der Waals surface area contributed by atoms with Gasteiger partial charge in [-0.05, 0) is 43.9 Å². The summed E-state index contributed by atoms with van der Waals surface area (Å²) in [6, 6.07) is 15.7. The summed E-state index contributed by atoms with van der Waals surface area (Å²) in [5.41, 5.74) is 1.30. The Morgan fingerprint density at radius 3 is 2.56 bits per heavy atom. The SMILES string of the molecule is CN(C)Cc1ccccc1Sc1cccc(O)c1. The number of rotatable bonds is 4. The first-order valence-electron chi connectivity index (χ1n) is 5.84. The number of phenolic OH excluding ortho intramolecular Hbond substituents is 1. The Kier molecular flexibility index (Phi) is 4.28. The third-order valence-electron chi connectivity index (χ3n) is 2.50. The molecule has 0 aromatic heterocycles. The van der Waals surface area contributed by atoms with Crippen LogP contribution in [0.3, 0.4) is 0 Å². The van der Waals surface area contributed by atoms with E-state index < -0.39 is 0 Å². The minimum atomic E-state index is 0.310. The van der Waals surface area contributed by atoms with Crippen molar-refractivity contribution < 1.29 is 5.11 Å². The Hall–Kier alpha value is -1.45. The molecule has 0 aliphatic heterocycles. The lowest BCUT2D eigenvalue weighted by Crippen LogP contribution is -2.11. The van der Waals surface area contributed by atoms with Gasteiger partial charge in [-0.3, -0.25) is 0 Å². The summed E-state index contributed by atoms with van der Waals surface area (Å²) in [5.74, 6) is 0.310. The van der Waals surface area contributed by atoms with Crippen LogP contribution in [0.2, 0.25) is 0 Å². The monoisotopic (exact) mass is 259 g/mol. The molecule has 0 aliphatic rings. The van der Waals surface area contributed by atoms with Gasteiger partial charge in [0.25, 0.3) is 0 Å². The Morgan fingerprint density at radius 1 is 1.06 bits per heavy atom. The fraction of sp³-hybridized carbons (Fsp3) is 0.200. The highest BCUT2D eigenvalue weighted by Crippen LogP contribution is 2.32. The second kappa shape index (κ2) is 5.94. The van der Waals surface area contributed by atoms with E-state index in [9.17, 15) is 5.11 Å². The number of benzene rings is 2. The lowest BCUT2D eigenvalue weighted by Gasteiger charge is -2.13. The maximum absolute atomic E-state index is 9.48. The van der Waals surface area contributed by atoms with Gasteiger partial charge in [0.2, 0.25) is 0 Å². The molecule has 0 fully saturated rings. The molecule has 0 heterocycles. The van der Waals surface area contributed by atoms with E-state index >= 15 is 0 Å². The quantitative estimate of drug-likeness (QED) is 0.907. The Balaban J connectivity index is 2.23. The van der Waals surface area contributed by atoms with E-state index in [2.05, 4.69) is 37.2 Å². The molecule has 0 amide bonds. The summed E-state index contributed by atoms with van der Waals surface area (Å²) < 4.78 is 0. The van der Waals surface area contributed by atoms with Gasteiger partial charge in [0.05, 0.1) is 0 Å². The van der Waals surface area contributed by atoms with Crippen molar-refractivity contribution >= 4 is 11.8 Å². The summed E-state index contributed by atoms with van der Waals surface area (Å²) in [7, 11) is 4.13. The maximum Gasteiger partial charge on any atom is 0.116 e. The van der Waals surface area contributed by atoms with Crippen LogP contribution in [0.25, 0.3) is 0 Å². The molecule has 3 heteroatoms. The van der Waals surface area contributed by atoms with Crippen molar-refractivity contribution in [3.05, 3.63) is 54.1 Å². The van der Waals surface area contributed by atoms with E-state index in [1.807, 2.05) is 18.2 Å². The highest BCUT2D eigenvalue weighted by Gasteiger charge is 2.05. The zero-order valence-electron chi connectivity index (χ0n) is 10.6. The van der Waals surface area contributed by atoms with E-state index in [4.69, 9.17) is 0 Å². The first-order chi connectivity index (χ1) is 8.65. The average Bonchev–Trinajstić information content (AvgIpc) is 2.31. The van der Waals surface area contributed by atoms with Crippen molar-refractivity contribution in [2.45, 2.75) is 16.3 Å². The number of hydrogen-bond acceptors (Lipinski definition) is 3. The molecule has 0 unspecified atom stereocenters. The van der Waals surface area contributed by atoms with Crippen molar-refractivity contribution in [3.63, 3.8) is 0 Å². The number of aromatic hydroxyl groups is 1. The lowest BCUT2D eigenvalue weighted by atomic mass is 10.2. The standard InChI is InChI=1S/C15H17NOS/c1-16(2)11-12-6-3-4-9-15(12)18-14-8-5-7-13(17)10-14/h3-10,17H,11H2,1-2H3. The smallest absolute Gasteiger partial charge is 0.116 e. The van der Waals surface area contributed by atoms with Crippen molar-refractivity contribution in [1.82, 2.24) is 4.90 Å². The molecule has 94 valence electrons. The van der Waals surface area contributed by atoms with E-state index in [1.54, 1.807) is 23.9 Å². The Morgan fingerprint density at radius 2 is 1.83 bits per heavy atom. The Labute approximate surface area is 112 Å². The van der Waals surface area contributed by atoms with Crippen molar-refractivity contribution in [1.29, 1.82) is 0 Å². The fourth-order valence-corrected chi connectivity index (χ4v) is 2.74. The van der Waals surface area contributed by atoms with Crippen molar-refractivity contribution in [3.8, 4) is 5.75 Å². The van der Waals surface area contributed by atoms with Gasteiger partial charge in [-0.25, -0.2) is 0 Å². The number of phenols is 1. The van der Waals surface area contributed by atoms with Gasteiger partial charge in [0.1, 0.15) is 5.75 Å². The topological polar surface area (TPSA) is 23.5 Å². The van der Waals surface area contributed by atoms with Gasteiger partial charge in [0.15, 0.2) is 0 Å². The molecule has 2 aromatic carbocycles. The molecule has 0 radical (unpaired) electrons. The Bertz CT molecular complexity index is 525. The van der Waals surface area contributed by atoms with Crippen LogP contribution in [0, 0.1) is 0 Å². The fourth-order valence-electron chi connectivity index (χ4n) is 1.75. The molecule has 0 atom stereocenters. The van der Waals surface area contributed by atoms with Crippen LogP contribution in [0.1, 0.15) is 5.56 Å².